The summed E-state index contributed by atoms with van der Waals surface area (Å²) in [4.78, 5) is 38.2. The molecule has 3 N–H and O–H groups in total. The number of hydrogen-bond donors (Lipinski definition) is 3. The monoisotopic (exact) mass is 466 g/mol. The standard InChI is InChI=1S/C25H30N4O5/c1-3-7-21(34-20-9-6-8-17(16-20)23(26)28-25(32)33-2)24(31)27-18-11-13-19(14-12-18)29-15-5-4-10-22(29)30/h6,8-9,11-14,16,21H,3-5,7,10,15H2,1-2H3,(H,27,31)(H2,26,28,32). The Balaban J connectivity index is 1.65. The number of hydrogen-bond acceptors (Lipinski definition) is 6. The van der Waals surface area contributed by atoms with E-state index < -0.39 is 12.2 Å². The Morgan fingerprint density at radius 1 is 1.15 bits per heavy atom. The first kappa shape index (κ1) is 24.8. The summed E-state index contributed by atoms with van der Waals surface area (Å²) in [7, 11) is 1.22. The Bertz CT molecular complexity index is 1040. The van der Waals surface area contributed by atoms with Gasteiger partial charge in [0.05, 0.1) is 7.11 Å². The summed E-state index contributed by atoms with van der Waals surface area (Å²) in [5, 5.41) is 13.2. The molecule has 3 amide bonds. The lowest BCUT2D eigenvalue weighted by Gasteiger charge is -2.27. The number of amidine groups is 1. The van der Waals surface area contributed by atoms with E-state index in [2.05, 4.69) is 15.4 Å². The molecule has 9 heteroatoms. The van der Waals surface area contributed by atoms with Crippen molar-refractivity contribution in [3.05, 3.63) is 54.1 Å². The number of methoxy groups -OCH3 is 1. The Hall–Kier alpha value is -3.88. The highest BCUT2D eigenvalue weighted by Gasteiger charge is 2.22. The average molecular weight is 467 g/mol. The van der Waals surface area contributed by atoms with Gasteiger partial charge in [-0.2, -0.15) is 0 Å². The fourth-order valence-corrected chi connectivity index (χ4v) is 3.65. The van der Waals surface area contributed by atoms with Gasteiger partial charge in [0.15, 0.2) is 6.10 Å². The van der Waals surface area contributed by atoms with Crippen LogP contribution in [-0.4, -0.2) is 43.5 Å². The van der Waals surface area contributed by atoms with E-state index in [9.17, 15) is 14.4 Å². The summed E-state index contributed by atoms with van der Waals surface area (Å²) in [6, 6.07) is 13.8. The minimum absolute atomic E-state index is 0.122. The Kier molecular flexibility index (Phi) is 8.61. The highest BCUT2D eigenvalue weighted by Crippen LogP contribution is 2.23. The van der Waals surface area contributed by atoms with Gasteiger partial charge >= 0.3 is 6.09 Å². The second kappa shape index (κ2) is 11.8. The lowest BCUT2D eigenvalue weighted by molar-refractivity contribution is -0.123. The van der Waals surface area contributed by atoms with E-state index in [1.54, 1.807) is 41.3 Å². The topological polar surface area (TPSA) is 121 Å². The predicted octanol–water partition coefficient (Wildman–Crippen LogP) is 4.07. The molecule has 0 aromatic heterocycles. The molecule has 1 atom stereocenters. The van der Waals surface area contributed by atoms with Crippen LogP contribution in [0.1, 0.15) is 44.6 Å². The van der Waals surface area contributed by atoms with Crippen LogP contribution in [0.25, 0.3) is 0 Å². The van der Waals surface area contributed by atoms with Gasteiger partial charge in [-0.3, -0.25) is 20.3 Å². The largest absolute Gasteiger partial charge is 0.481 e. The number of alkyl carbamates (subject to hydrolysis) is 1. The highest BCUT2D eigenvalue weighted by molar-refractivity contribution is 6.04. The summed E-state index contributed by atoms with van der Waals surface area (Å²) in [6.45, 7) is 2.67. The third-order valence-electron chi connectivity index (χ3n) is 5.43. The lowest BCUT2D eigenvalue weighted by Crippen LogP contribution is -2.35. The van der Waals surface area contributed by atoms with E-state index in [1.807, 2.05) is 19.1 Å². The number of nitrogens with zero attached hydrogens (tertiary/aromatic N) is 1. The van der Waals surface area contributed by atoms with Crippen molar-refractivity contribution in [2.45, 2.75) is 45.1 Å². The van der Waals surface area contributed by atoms with E-state index in [-0.39, 0.29) is 17.6 Å². The molecule has 1 heterocycles. The summed E-state index contributed by atoms with van der Waals surface area (Å²) < 4.78 is 10.4. The van der Waals surface area contributed by atoms with Gasteiger partial charge in [-0.25, -0.2) is 4.79 Å². The van der Waals surface area contributed by atoms with Gasteiger partial charge in [0.2, 0.25) is 5.91 Å². The van der Waals surface area contributed by atoms with Gasteiger partial charge in [0.1, 0.15) is 11.6 Å². The summed E-state index contributed by atoms with van der Waals surface area (Å²) >= 11 is 0. The first-order valence-electron chi connectivity index (χ1n) is 11.3. The van der Waals surface area contributed by atoms with Crippen molar-refractivity contribution in [2.24, 2.45) is 0 Å². The molecule has 1 saturated heterocycles. The maximum Gasteiger partial charge on any atom is 0.412 e. The molecule has 180 valence electrons. The van der Waals surface area contributed by atoms with Gasteiger partial charge in [0, 0.05) is 29.9 Å². The van der Waals surface area contributed by atoms with Crippen molar-refractivity contribution in [3.8, 4) is 5.75 Å². The smallest absolute Gasteiger partial charge is 0.412 e. The van der Waals surface area contributed by atoms with Crippen molar-refractivity contribution in [1.29, 1.82) is 5.41 Å². The molecule has 9 nitrogen and oxygen atoms in total. The van der Waals surface area contributed by atoms with E-state index in [4.69, 9.17) is 10.1 Å². The molecule has 1 aliphatic heterocycles. The normalized spacial score (nSPS) is 14.2. The summed E-state index contributed by atoms with van der Waals surface area (Å²) in [5.74, 6) is 0.0934. The number of anilines is 2. The number of amides is 3. The van der Waals surface area contributed by atoms with E-state index in [0.29, 0.717) is 36.4 Å². The zero-order valence-electron chi connectivity index (χ0n) is 19.4. The van der Waals surface area contributed by atoms with Gasteiger partial charge in [0.25, 0.3) is 5.91 Å². The highest BCUT2D eigenvalue weighted by atomic mass is 16.5. The van der Waals surface area contributed by atoms with Crippen LogP contribution in [0.4, 0.5) is 16.2 Å². The van der Waals surface area contributed by atoms with Crippen molar-refractivity contribution >= 4 is 35.1 Å². The zero-order chi connectivity index (χ0) is 24.5. The molecule has 34 heavy (non-hydrogen) atoms. The number of ether oxygens (including phenoxy) is 2. The van der Waals surface area contributed by atoms with E-state index in [1.165, 1.54) is 7.11 Å². The number of carbonyl (C=O) groups is 3. The number of benzene rings is 2. The molecule has 3 rings (SSSR count). The average Bonchev–Trinajstić information content (AvgIpc) is 2.84. The van der Waals surface area contributed by atoms with E-state index >= 15 is 0 Å². The van der Waals surface area contributed by atoms with Crippen LogP contribution in [0.2, 0.25) is 0 Å². The first-order valence-corrected chi connectivity index (χ1v) is 11.3. The number of rotatable bonds is 8. The molecular formula is C25H30N4O5. The first-order chi connectivity index (χ1) is 16.4. The fourth-order valence-electron chi connectivity index (χ4n) is 3.65. The lowest BCUT2D eigenvalue weighted by atomic mass is 10.1. The Morgan fingerprint density at radius 2 is 1.91 bits per heavy atom. The van der Waals surface area contributed by atoms with Crippen LogP contribution in [0.5, 0.6) is 5.75 Å². The molecule has 1 aliphatic rings. The molecule has 0 radical (unpaired) electrons. The second-order valence-electron chi connectivity index (χ2n) is 7.95. The van der Waals surface area contributed by atoms with Crippen LogP contribution in [0.15, 0.2) is 48.5 Å². The summed E-state index contributed by atoms with van der Waals surface area (Å²) in [5.41, 5.74) is 1.85. The van der Waals surface area contributed by atoms with Crippen LogP contribution < -0.4 is 20.3 Å². The Labute approximate surface area is 198 Å². The minimum Gasteiger partial charge on any atom is -0.481 e. The molecule has 1 fully saturated rings. The quantitative estimate of drug-likeness (QED) is 0.400. The molecule has 0 aliphatic carbocycles. The van der Waals surface area contributed by atoms with Gasteiger partial charge in [-0.1, -0.05) is 25.5 Å². The van der Waals surface area contributed by atoms with Crippen LogP contribution in [-0.2, 0) is 14.3 Å². The molecule has 2 aromatic rings. The molecular weight excluding hydrogens is 436 g/mol. The van der Waals surface area contributed by atoms with Crippen LogP contribution in [0.3, 0.4) is 0 Å². The van der Waals surface area contributed by atoms with Crippen molar-refractivity contribution in [2.75, 3.05) is 23.9 Å². The fraction of sp³-hybridized carbons (Fsp3) is 0.360. The maximum atomic E-state index is 12.9. The van der Waals surface area contributed by atoms with Gasteiger partial charge in [-0.05, 0) is 55.7 Å². The third-order valence-corrected chi connectivity index (χ3v) is 5.43. The Morgan fingerprint density at radius 3 is 2.59 bits per heavy atom. The number of carbonyl (C=O) groups excluding carboxylic acids is 3. The maximum absolute atomic E-state index is 12.9. The zero-order valence-corrected chi connectivity index (χ0v) is 19.4. The van der Waals surface area contributed by atoms with Gasteiger partial charge < -0.3 is 19.7 Å². The molecule has 0 bridgehead atoms. The second-order valence-corrected chi connectivity index (χ2v) is 7.95. The molecule has 1 unspecified atom stereocenters. The minimum atomic E-state index is -0.744. The van der Waals surface area contributed by atoms with Crippen molar-refractivity contribution in [3.63, 3.8) is 0 Å². The predicted molar refractivity (Wildman–Crippen MR) is 129 cm³/mol. The van der Waals surface area contributed by atoms with Gasteiger partial charge in [-0.15, -0.1) is 0 Å². The van der Waals surface area contributed by atoms with Crippen LogP contribution in [0, 0.1) is 5.41 Å². The third kappa shape index (κ3) is 6.57. The molecule has 0 saturated carbocycles. The number of piperidine rings is 1. The SMILES string of the molecule is CCCC(Oc1cccc(C(=N)NC(=O)OC)c1)C(=O)Nc1ccc(N2CCCCC2=O)cc1. The molecule has 0 spiro atoms. The van der Waals surface area contributed by atoms with Crippen molar-refractivity contribution in [1.82, 2.24) is 5.32 Å². The van der Waals surface area contributed by atoms with E-state index in [0.717, 1.165) is 24.9 Å². The van der Waals surface area contributed by atoms with Crippen molar-refractivity contribution < 1.29 is 23.9 Å². The molecule has 2 aromatic carbocycles. The number of nitrogens with one attached hydrogen (secondary N) is 3. The summed E-state index contributed by atoms with van der Waals surface area (Å²) in [6.07, 6.45) is 2.21. The van der Waals surface area contributed by atoms with Crippen LogP contribution >= 0.6 is 0 Å².